The first kappa shape index (κ1) is 14.2. The van der Waals surface area contributed by atoms with Crippen molar-refractivity contribution in [2.45, 2.75) is 24.9 Å². The zero-order chi connectivity index (χ0) is 15.4. The van der Waals surface area contributed by atoms with Crippen LogP contribution in [0.4, 0.5) is 10.5 Å². The Labute approximate surface area is 126 Å². The van der Waals surface area contributed by atoms with Crippen molar-refractivity contribution in [3.63, 3.8) is 0 Å². The standard InChI is InChI=1S/C16H23N3O2/c1-16-8-9-19(4,5)14(16)18(3)13-7-6-11(10-12(13)16)21-15(20)17-2/h6-7,10,14H,8-9H2,1-5H3/p+1/t14?,16-/m0/s1. The second-order valence-electron chi connectivity index (χ2n) is 6.97. The third-order valence-corrected chi connectivity index (χ3v) is 5.18. The van der Waals surface area contributed by atoms with Gasteiger partial charge in [0.2, 0.25) is 0 Å². The largest absolute Gasteiger partial charge is 0.412 e. The molecule has 0 saturated carbocycles. The summed E-state index contributed by atoms with van der Waals surface area (Å²) in [7, 11) is 8.32. The zero-order valence-electron chi connectivity index (χ0n) is 13.4. The van der Waals surface area contributed by atoms with Crippen molar-refractivity contribution in [1.29, 1.82) is 0 Å². The highest BCUT2D eigenvalue weighted by molar-refractivity contribution is 5.72. The average molecular weight is 290 g/mol. The number of rotatable bonds is 1. The minimum atomic E-state index is -0.425. The van der Waals surface area contributed by atoms with E-state index in [4.69, 9.17) is 4.74 Å². The zero-order valence-corrected chi connectivity index (χ0v) is 13.4. The minimum absolute atomic E-state index is 0.107. The molecule has 21 heavy (non-hydrogen) atoms. The Morgan fingerprint density at radius 3 is 2.86 bits per heavy atom. The number of amides is 1. The molecular formula is C16H24N3O2+. The molecule has 0 radical (unpaired) electrons. The fourth-order valence-corrected chi connectivity index (χ4v) is 4.35. The third-order valence-electron chi connectivity index (χ3n) is 5.18. The van der Waals surface area contributed by atoms with E-state index in [0.717, 1.165) is 17.4 Å². The minimum Gasteiger partial charge on any atom is -0.410 e. The van der Waals surface area contributed by atoms with Crippen molar-refractivity contribution >= 4 is 11.8 Å². The topological polar surface area (TPSA) is 41.6 Å². The fourth-order valence-electron chi connectivity index (χ4n) is 4.35. The average Bonchev–Trinajstić information content (AvgIpc) is 2.81. The number of anilines is 1. The summed E-state index contributed by atoms with van der Waals surface area (Å²) < 4.78 is 6.29. The van der Waals surface area contributed by atoms with Gasteiger partial charge in [-0.1, -0.05) is 0 Å². The van der Waals surface area contributed by atoms with Crippen LogP contribution < -0.4 is 15.0 Å². The van der Waals surface area contributed by atoms with E-state index in [1.54, 1.807) is 7.05 Å². The Morgan fingerprint density at radius 1 is 1.48 bits per heavy atom. The van der Waals surface area contributed by atoms with E-state index in [9.17, 15) is 4.79 Å². The Balaban J connectivity index is 2.03. The molecule has 0 aliphatic carbocycles. The van der Waals surface area contributed by atoms with Crippen molar-refractivity contribution in [2.75, 3.05) is 39.6 Å². The molecule has 1 amide bonds. The van der Waals surface area contributed by atoms with Crippen LogP contribution in [0.5, 0.6) is 5.75 Å². The first-order chi connectivity index (χ1) is 9.79. The lowest BCUT2D eigenvalue weighted by atomic mass is 9.81. The van der Waals surface area contributed by atoms with Gasteiger partial charge in [-0.2, -0.15) is 0 Å². The van der Waals surface area contributed by atoms with Gasteiger partial charge in [0.05, 0.1) is 26.1 Å². The SMILES string of the molecule is CNC(=O)Oc1ccc2c(c1)[C@]1(C)CC[N+](C)(C)C1N2C. The molecule has 114 valence electrons. The predicted octanol–water partition coefficient (Wildman–Crippen LogP) is 1.92. The molecule has 0 aromatic heterocycles. The van der Waals surface area contributed by atoms with E-state index in [-0.39, 0.29) is 5.41 Å². The smallest absolute Gasteiger partial charge is 0.410 e. The maximum atomic E-state index is 11.4. The lowest BCUT2D eigenvalue weighted by molar-refractivity contribution is -0.903. The van der Waals surface area contributed by atoms with Gasteiger partial charge in [0.1, 0.15) is 5.75 Å². The molecule has 1 fully saturated rings. The van der Waals surface area contributed by atoms with E-state index in [0.29, 0.717) is 11.9 Å². The number of benzene rings is 1. The molecule has 2 aliphatic rings. The number of nitrogens with one attached hydrogen (secondary N) is 1. The first-order valence-corrected chi connectivity index (χ1v) is 7.39. The van der Waals surface area contributed by atoms with Crippen molar-refractivity contribution in [2.24, 2.45) is 0 Å². The van der Waals surface area contributed by atoms with E-state index >= 15 is 0 Å². The van der Waals surface area contributed by atoms with Crippen LogP contribution in [-0.2, 0) is 5.41 Å². The summed E-state index contributed by atoms with van der Waals surface area (Å²) in [4.78, 5) is 13.8. The van der Waals surface area contributed by atoms with Gasteiger partial charge in [-0.15, -0.1) is 0 Å². The molecule has 2 heterocycles. The molecule has 1 saturated heterocycles. The van der Waals surface area contributed by atoms with Gasteiger partial charge in [-0.3, -0.25) is 0 Å². The van der Waals surface area contributed by atoms with Crippen LogP contribution in [0.2, 0.25) is 0 Å². The van der Waals surface area contributed by atoms with Gasteiger partial charge >= 0.3 is 6.09 Å². The lowest BCUT2D eigenvalue weighted by Gasteiger charge is -2.38. The molecule has 3 rings (SSSR count). The molecular weight excluding hydrogens is 266 g/mol. The van der Waals surface area contributed by atoms with Crippen molar-refractivity contribution in [3.05, 3.63) is 23.8 Å². The molecule has 2 atom stereocenters. The molecule has 0 bridgehead atoms. The number of likely N-dealkylation sites (tertiary alicyclic amines) is 1. The highest BCUT2D eigenvalue weighted by Crippen LogP contribution is 2.53. The van der Waals surface area contributed by atoms with Crippen molar-refractivity contribution in [3.8, 4) is 5.75 Å². The molecule has 1 aromatic carbocycles. The lowest BCUT2D eigenvalue weighted by Crippen LogP contribution is -2.55. The van der Waals surface area contributed by atoms with Crippen LogP contribution in [0.3, 0.4) is 0 Å². The molecule has 0 spiro atoms. The highest BCUT2D eigenvalue weighted by Gasteiger charge is 2.59. The van der Waals surface area contributed by atoms with Crippen LogP contribution in [-0.4, -0.2) is 51.5 Å². The van der Waals surface area contributed by atoms with E-state index < -0.39 is 6.09 Å². The summed E-state index contributed by atoms with van der Waals surface area (Å²) in [5, 5.41) is 2.48. The number of carbonyl (C=O) groups is 1. The van der Waals surface area contributed by atoms with Gasteiger partial charge in [-0.05, 0) is 30.7 Å². The van der Waals surface area contributed by atoms with Gasteiger partial charge in [-0.25, -0.2) is 4.79 Å². The van der Waals surface area contributed by atoms with E-state index in [1.165, 1.54) is 11.3 Å². The number of hydrogen-bond acceptors (Lipinski definition) is 3. The van der Waals surface area contributed by atoms with Gasteiger partial charge in [0.15, 0.2) is 6.17 Å². The second kappa shape index (κ2) is 4.37. The molecule has 2 aliphatic heterocycles. The maximum Gasteiger partial charge on any atom is 0.412 e. The van der Waals surface area contributed by atoms with Crippen LogP contribution in [0, 0.1) is 0 Å². The van der Waals surface area contributed by atoms with Gasteiger partial charge < -0.3 is 19.4 Å². The maximum absolute atomic E-state index is 11.4. The molecule has 1 unspecified atom stereocenters. The predicted molar refractivity (Wildman–Crippen MR) is 82.7 cm³/mol. The number of nitrogens with zero attached hydrogens (tertiary/aromatic N) is 2. The number of carbonyl (C=O) groups excluding carboxylic acids is 1. The number of ether oxygens (including phenoxy) is 1. The summed E-state index contributed by atoms with van der Waals surface area (Å²) in [6.45, 7) is 3.49. The summed E-state index contributed by atoms with van der Waals surface area (Å²) >= 11 is 0. The number of fused-ring (bicyclic) bond motifs is 3. The van der Waals surface area contributed by atoms with Crippen molar-refractivity contribution in [1.82, 2.24) is 5.32 Å². The molecule has 5 heteroatoms. The molecule has 1 N–H and O–H groups in total. The van der Waals surface area contributed by atoms with Crippen LogP contribution in [0.15, 0.2) is 18.2 Å². The second-order valence-corrected chi connectivity index (χ2v) is 6.97. The monoisotopic (exact) mass is 290 g/mol. The van der Waals surface area contributed by atoms with Crippen molar-refractivity contribution < 1.29 is 14.0 Å². The highest BCUT2D eigenvalue weighted by atomic mass is 16.5. The Bertz CT molecular complexity index is 599. The van der Waals surface area contributed by atoms with E-state index in [1.807, 2.05) is 12.1 Å². The number of hydrogen-bond donors (Lipinski definition) is 1. The van der Waals surface area contributed by atoms with E-state index in [2.05, 4.69) is 44.3 Å². The summed E-state index contributed by atoms with van der Waals surface area (Å²) in [5.41, 5.74) is 2.65. The summed E-state index contributed by atoms with van der Waals surface area (Å²) in [6.07, 6.45) is 1.15. The quantitative estimate of drug-likeness (QED) is 0.804. The number of quaternary nitrogens is 1. The molecule has 1 aromatic rings. The van der Waals surface area contributed by atoms with Crippen LogP contribution in [0.1, 0.15) is 18.9 Å². The fraction of sp³-hybridized carbons (Fsp3) is 0.562. The Hall–Kier alpha value is -1.75. The summed E-state index contributed by atoms with van der Waals surface area (Å²) in [6, 6.07) is 5.97. The normalized spacial score (nSPS) is 29.0. The van der Waals surface area contributed by atoms with Gasteiger partial charge in [0, 0.05) is 26.2 Å². The Morgan fingerprint density at radius 2 is 2.19 bits per heavy atom. The molecule has 5 nitrogen and oxygen atoms in total. The number of likely N-dealkylation sites (N-methyl/N-ethyl adjacent to an activating group) is 2. The van der Waals surface area contributed by atoms with Gasteiger partial charge in [0.25, 0.3) is 0 Å². The van der Waals surface area contributed by atoms with Crippen LogP contribution in [0.25, 0.3) is 0 Å². The third kappa shape index (κ3) is 1.91. The first-order valence-electron chi connectivity index (χ1n) is 7.39. The summed E-state index contributed by atoms with van der Waals surface area (Å²) in [5.74, 6) is 0.612. The Kier molecular flexibility index (Phi) is 2.95. The van der Waals surface area contributed by atoms with Crippen LogP contribution >= 0.6 is 0 Å².